The Morgan fingerprint density at radius 1 is 1.21 bits per heavy atom. The standard InChI is InChI=1S/C17H14N2O4S/c1-8-9(2)24-16(13(8)14(18)20)19-15(21)12-7-10-5-3-4-6-11(10)17(22)23-12/h3-7H,1-2H3,(H2,18,20)(H,19,21). The van der Waals surface area contributed by atoms with Crippen molar-refractivity contribution in [1.29, 1.82) is 0 Å². The molecule has 3 N–H and O–H groups in total. The molecule has 2 aromatic heterocycles. The van der Waals surface area contributed by atoms with E-state index < -0.39 is 17.4 Å². The highest BCUT2D eigenvalue weighted by Crippen LogP contribution is 2.32. The largest absolute Gasteiger partial charge is 0.417 e. The molecular formula is C17H14N2O4S. The van der Waals surface area contributed by atoms with Gasteiger partial charge in [-0.15, -0.1) is 11.3 Å². The predicted octanol–water partition coefficient (Wildman–Crippen LogP) is 2.82. The summed E-state index contributed by atoms with van der Waals surface area (Å²) in [5, 5.41) is 3.96. The molecule has 2 heterocycles. The topological polar surface area (TPSA) is 102 Å². The van der Waals surface area contributed by atoms with Gasteiger partial charge in [-0.1, -0.05) is 18.2 Å². The second kappa shape index (κ2) is 5.93. The predicted molar refractivity (Wildman–Crippen MR) is 92.7 cm³/mol. The van der Waals surface area contributed by atoms with Crippen molar-refractivity contribution >= 4 is 38.9 Å². The van der Waals surface area contributed by atoms with Crippen molar-refractivity contribution in [3.05, 3.63) is 62.5 Å². The molecule has 0 aliphatic heterocycles. The third-order valence-corrected chi connectivity index (χ3v) is 4.88. The summed E-state index contributed by atoms with van der Waals surface area (Å²) < 4.78 is 5.08. The number of anilines is 1. The molecule has 0 unspecified atom stereocenters. The van der Waals surface area contributed by atoms with E-state index in [4.69, 9.17) is 10.2 Å². The monoisotopic (exact) mass is 342 g/mol. The molecule has 0 saturated carbocycles. The van der Waals surface area contributed by atoms with Gasteiger partial charge in [0, 0.05) is 4.88 Å². The quantitative estimate of drug-likeness (QED) is 0.764. The van der Waals surface area contributed by atoms with Gasteiger partial charge >= 0.3 is 5.63 Å². The van der Waals surface area contributed by atoms with Gasteiger partial charge in [0.1, 0.15) is 5.00 Å². The van der Waals surface area contributed by atoms with E-state index in [-0.39, 0.29) is 11.3 Å². The number of benzene rings is 1. The van der Waals surface area contributed by atoms with Crippen molar-refractivity contribution in [2.75, 3.05) is 5.32 Å². The number of hydrogen-bond donors (Lipinski definition) is 2. The van der Waals surface area contributed by atoms with E-state index in [1.807, 2.05) is 6.92 Å². The van der Waals surface area contributed by atoms with Gasteiger partial charge in [0.05, 0.1) is 10.9 Å². The minimum atomic E-state index is -0.618. The lowest BCUT2D eigenvalue weighted by Gasteiger charge is -2.05. The number of nitrogens with one attached hydrogen (secondary N) is 1. The first-order chi connectivity index (χ1) is 11.4. The van der Waals surface area contributed by atoms with Crippen molar-refractivity contribution in [3.8, 4) is 0 Å². The lowest BCUT2D eigenvalue weighted by Crippen LogP contribution is -2.18. The van der Waals surface area contributed by atoms with Crippen molar-refractivity contribution in [2.24, 2.45) is 5.73 Å². The Balaban J connectivity index is 2.01. The van der Waals surface area contributed by atoms with Gasteiger partial charge in [-0.3, -0.25) is 9.59 Å². The lowest BCUT2D eigenvalue weighted by atomic mass is 10.1. The first-order valence-corrected chi connectivity index (χ1v) is 7.94. The second-order valence-electron chi connectivity index (χ2n) is 5.29. The zero-order chi connectivity index (χ0) is 17.4. The van der Waals surface area contributed by atoms with Crippen LogP contribution >= 0.6 is 11.3 Å². The average Bonchev–Trinajstić information content (AvgIpc) is 2.81. The summed E-state index contributed by atoms with van der Waals surface area (Å²) in [5.41, 5.74) is 5.79. The Morgan fingerprint density at radius 3 is 2.62 bits per heavy atom. The molecule has 0 radical (unpaired) electrons. The molecule has 6 nitrogen and oxygen atoms in total. The van der Waals surface area contributed by atoms with E-state index in [1.165, 1.54) is 17.4 Å². The van der Waals surface area contributed by atoms with Gasteiger partial charge in [0.25, 0.3) is 11.8 Å². The fraction of sp³-hybridized carbons (Fsp3) is 0.118. The van der Waals surface area contributed by atoms with Crippen LogP contribution in [0.1, 0.15) is 31.4 Å². The Hall–Kier alpha value is -2.93. The van der Waals surface area contributed by atoms with Crippen LogP contribution in [-0.2, 0) is 0 Å². The molecule has 0 aliphatic carbocycles. The Morgan fingerprint density at radius 2 is 1.92 bits per heavy atom. The van der Waals surface area contributed by atoms with Gasteiger partial charge in [-0.2, -0.15) is 0 Å². The molecule has 122 valence electrons. The number of primary amides is 1. The number of nitrogens with two attached hydrogens (primary N) is 1. The average molecular weight is 342 g/mol. The molecule has 3 rings (SSSR count). The van der Waals surface area contributed by atoms with Crippen LogP contribution in [0.3, 0.4) is 0 Å². The molecule has 0 fully saturated rings. The molecule has 2 amide bonds. The number of carbonyl (C=O) groups is 2. The van der Waals surface area contributed by atoms with Crippen molar-refractivity contribution in [1.82, 2.24) is 0 Å². The van der Waals surface area contributed by atoms with Gasteiger partial charge in [-0.05, 0) is 36.9 Å². The molecule has 0 saturated heterocycles. The number of aryl methyl sites for hydroxylation is 1. The fourth-order valence-corrected chi connectivity index (χ4v) is 3.48. The second-order valence-corrected chi connectivity index (χ2v) is 6.52. The van der Waals surface area contributed by atoms with Crippen LogP contribution in [0.15, 0.2) is 39.5 Å². The fourth-order valence-electron chi connectivity index (χ4n) is 2.42. The van der Waals surface area contributed by atoms with Crippen molar-refractivity contribution < 1.29 is 14.0 Å². The lowest BCUT2D eigenvalue weighted by molar-refractivity contribution is 0.0993. The van der Waals surface area contributed by atoms with E-state index in [2.05, 4.69) is 5.32 Å². The van der Waals surface area contributed by atoms with Crippen molar-refractivity contribution in [3.63, 3.8) is 0 Å². The summed E-state index contributed by atoms with van der Waals surface area (Å²) >= 11 is 1.25. The number of carbonyl (C=O) groups excluding carboxylic acids is 2. The maximum atomic E-state index is 12.4. The van der Waals surface area contributed by atoms with Crippen molar-refractivity contribution in [2.45, 2.75) is 13.8 Å². The smallest absolute Gasteiger partial charge is 0.344 e. The minimum Gasteiger partial charge on any atom is -0.417 e. The van der Waals surface area contributed by atoms with Gasteiger partial charge in [0.15, 0.2) is 5.76 Å². The molecule has 0 aliphatic rings. The van der Waals surface area contributed by atoms with Crippen LogP contribution < -0.4 is 16.7 Å². The van der Waals surface area contributed by atoms with Gasteiger partial charge < -0.3 is 15.5 Å². The van der Waals surface area contributed by atoms with Crippen LogP contribution in [-0.4, -0.2) is 11.8 Å². The number of amides is 2. The Labute approximate surface area is 140 Å². The number of hydrogen-bond acceptors (Lipinski definition) is 5. The zero-order valence-corrected chi connectivity index (χ0v) is 13.8. The first-order valence-electron chi connectivity index (χ1n) is 7.12. The number of rotatable bonds is 3. The summed E-state index contributed by atoms with van der Waals surface area (Å²) in [6.45, 7) is 3.59. The number of thiophene rings is 1. The van der Waals surface area contributed by atoms with E-state index in [9.17, 15) is 14.4 Å². The van der Waals surface area contributed by atoms with E-state index in [0.717, 1.165) is 10.4 Å². The van der Waals surface area contributed by atoms with Gasteiger partial charge in [-0.25, -0.2) is 4.79 Å². The molecule has 0 spiro atoms. The molecular weight excluding hydrogens is 328 g/mol. The SMILES string of the molecule is Cc1sc(NC(=O)c2cc3ccccc3c(=O)o2)c(C(N)=O)c1C. The molecule has 0 atom stereocenters. The normalized spacial score (nSPS) is 10.8. The third kappa shape index (κ3) is 2.69. The summed E-state index contributed by atoms with van der Waals surface area (Å²) in [4.78, 5) is 36.9. The molecule has 7 heteroatoms. The Bertz CT molecular complexity index is 1030. The van der Waals surface area contributed by atoms with Crippen LogP contribution in [0.4, 0.5) is 5.00 Å². The Kier molecular flexibility index (Phi) is 3.94. The number of fused-ring (bicyclic) bond motifs is 1. The molecule has 0 bridgehead atoms. The highest BCUT2D eigenvalue weighted by Gasteiger charge is 2.21. The summed E-state index contributed by atoms with van der Waals surface area (Å²) in [6, 6.07) is 8.32. The third-order valence-electron chi connectivity index (χ3n) is 3.75. The van der Waals surface area contributed by atoms with E-state index in [1.54, 1.807) is 31.2 Å². The summed E-state index contributed by atoms with van der Waals surface area (Å²) in [5.74, 6) is -1.36. The summed E-state index contributed by atoms with van der Waals surface area (Å²) in [6.07, 6.45) is 0. The summed E-state index contributed by atoms with van der Waals surface area (Å²) in [7, 11) is 0. The highest BCUT2D eigenvalue weighted by molar-refractivity contribution is 7.16. The highest BCUT2D eigenvalue weighted by atomic mass is 32.1. The van der Waals surface area contributed by atoms with Crippen LogP contribution in [0.2, 0.25) is 0 Å². The molecule has 1 aromatic carbocycles. The zero-order valence-electron chi connectivity index (χ0n) is 13.0. The van der Waals surface area contributed by atoms with Gasteiger partial charge in [0.2, 0.25) is 0 Å². The molecule has 24 heavy (non-hydrogen) atoms. The maximum Gasteiger partial charge on any atom is 0.344 e. The van der Waals surface area contributed by atoms with E-state index in [0.29, 0.717) is 15.8 Å². The van der Waals surface area contributed by atoms with Crippen LogP contribution in [0.25, 0.3) is 10.8 Å². The van der Waals surface area contributed by atoms with Crippen LogP contribution in [0, 0.1) is 13.8 Å². The first kappa shape index (κ1) is 15.9. The van der Waals surface area contributed by atoms with E-state index >= 15 is 0 Å². The van der Waals surface area contributed by atoms with Crippen LogP contribution in [0.5, 0.6) is 0 Å². The maximum absolute atomic E-state index is 12.4. The molecule has 3 aromatic rings. The minimum absolute atomic E-state index is 0.127.